The molecule has 0 saturated carbocycles. The molecule has 4 aromatic rings. The molecule has 0 unspecified atom stereocenters. The van der Waals surface area contributed by atoms with Crippen molar-refractivity contribution >= 4 is 27.7 Å². The number of hydrogen-bond acceptors (Lipinski definition) is 4. The molecule has 1 amide bonds. The van der Waals surface area contributed by atoms with E-state index < -0.39 is 11.9 Å². The Bertz CT molecular complexity index is 1270. The number of hydrogen-bond donors (Lipinski definition) is 2. The van der Waals surface area contributed by atoms with E-state index in [4.69, 9.17) is 0 Å². The standard InChI is InChI=1S/C19H15F3N6O/c1-9(29)28-5-4-10-13(8-28)17(12-7-24-27-18(12)19(20,21)22)25-15-3-2-14-11(16(10)15)6-23-26-14/h2-3,6-7H,4-5,8H2,1H3,(H,23,26)(H,24,27). The van der Waals surface area contributed by atoms with Crippen molar-refractivity contribution in [1.29, 1.82) is 0 Å². The van der Waals surface area contributed by atoms with Crippen molar-refractivity contribution in [2.24, 2.45) is 0 Å². The Hall–Kier alpha value is -3.43. The van der Waals surface area contributed by atoms with Crippen LogP contribution in [-0.2, 0) is 23.9 Å². The van der Waals surface area contributed by atoms with E-state index in [-0.39, 0.29) is 23.7 Å². The number of aromatic amines is 2. The van der Waals surface area contributed by atoms with Crippen LogP contribution in [0.3, 0.4) is 0 Å². The maximum atomic E-state index is 13.5. The molecule has 7 nitrogen and oxygen atoms in total. The predicted molar refractivity (Wildman–Crippen MR) is 98.8 cm³/mol. The van der Waals surface area contributed by atoms with Gasteiger partial charge in [-0.25, -0.2) is 4.98 Å². The van der Waals surface area contributed by atoms with Crippen molar-refractivity contribution in [3.63, 3.8) is 0 Å². The molecule has 10 heteroatoms. The van der Waals surface area contributed by atoms with Crippen molar-refractivity contribution in [1.82, 2.24) is 30.3 Å². The van der Waals surface area contributed by atoms with E-state index >= 15 is 0 Å². The molecule has 29 heavy (non-hydrogen) atoms. The molecule has 1 aliphatic rings. The van der Waals surface area contributed by atoms with E-state index in [1.54, 1.807) is 23.2 Å². The number of carbonyl (C=O) groups excluding carboxylic acids is 1. The first-order chi connectivity index (χ1) is 13.8. The molecule has 0 saturated heterocycles. The van der Waals surface area contributed by atoms with Crippen LogP contribution < -0.4 is 0 Å². The molecule has 0 radical (unpaired) electrons. The smallest absolute Gasteiger partial charge is 0.338 e. The quantitative estimate of drug-likeness (QED) is 0.512. The van der Waals surface area contributed by atoms with Crippen LogP contribution >= 0.6 is 0 Å². The number of amides is 1. The highest BCUT2D eigenvalue weighted by Crippen LogP contribution is 2.40. The van der Waals surface area contributed by atoms with Gasteiger partial charge in [0.2, 0.25) is 5.91 Å². The SMILES string of the molecule is CC(=O)N1CCc2c(c(-c3c[nH]nc3C(F)(F)F)nc3ccc4[nH]ncc4c23)C1. The molecule has 1 aromatic carbocycles. The highest BCUT2D eigenvalue weighted by molar-refractivity contribution is 6.07. The van der Waals surface area contributed by atoms with Crippen LogP contribution in [0.15, 0.2) is 24.5 Å². The Morgan fingerprint density at radius 3 is 2.83 bits per heavy atom. The Kier molecular flexibility index (Phi) is 3.67. The van der Waals surface area contributed by atoms with Crippen LogP contribution in [0.2, 0.25) is 0 Å². The molecule has 0 fully saturated rings. The van der Waals surface area contributed by atoms with Crippen LogP contribution in [0.4, 0.5) is 13.2 Å². The number of aromatic nitrogens is 5. The van der Waals surface area contributed by atoms with E-state index in [1.165, 1.54) is 13.1 Å². The van der Waals surface area contributed by atoms with Crippen LogP contribution in [0.25, 0.3) is 33.1 Å². The predicted octanol–water partition coefficient (Wildman–Crippen LogP) is 3.42. The summed E-state index contributed by atoms with van der Waals surface area (Å²) >= 11 is 0. The minimum absolute atomic E-state index is 0.117. The Balaban J connectivity index is 1.85. The summed E-state index contributed by atoms with van der Waals surface area (Å²) < 4.78 is 40.5. The van der Waals surface area contributed by atoms with E-state index in [1.807, 2.05) is 0 Å². The first-order valence-electron chi connectivity index (χ1n) is 8.99. The molecule has 1 aliphatic heterocycles. The van der Waals surface area contributed by atoms with Gasteiger partial charge < -0.3 is 4.90 Å². The molecular formula is C19H15F3N6O. The summed E-state index contributed by atoms with van der Waals surface area (Å²) in [6, 6.07) is 3.57. The van der Waals surface area contributed by atoms with Gasteiger partial charge in [0.15, 0.2) is 5.69 Å². The van der Waals surface area contributed by atoms with Crippen LogP contribution in [0, 0.1) is 0 Å². The second-order valence-corrected chi connectivity index (χ2v) is 7.04. The fourth-order valence-corrected chi connectivity index (χ4v) is 4.04. The van der Waals surface area contributed by atoms with Crippen molar-refractivity contribution in [3.05, 3.63) is 41.3 Å². The van der Waals surface area contributed by atoms with E-state index in [2.05, 4.69) is 25.4 Å². The number of halogens is 3. The minimum Gasteiger partial charge on any atom is -0.338 e. The number of fused-ring (bicyclic) bond motifs is 5. The number of carbonyl (C=O) groups is 1. The van der Waals surface area contributed by atoms with Crippen LogP contribution in [0.5, 0.6) is 0 Å². The topological polar surface area (TPSA) is 90.6 Å². The average Bonchev–Trinajstić information content (AvgIpc) is 3.35. The first kappa shape index (κ1) is 17.7. The van der Waals surface area contributed by atoms with Gasteiger partial charge in [0.1, 0.15) is 0 Å². The normalized spacial score (nSPS) is 14.6. The summed E-state index contributed by atoms with van der Waals surface area (Å²) in [5.41, 5.74) is 1.97. The lowest BCUT2D eigenvalue weighted by Crippen LogP contribution is -2.35. The van der Waals surface area contributed by atoms with Crippen molar-refractivity contribution in [2.75, 3.05) is 6.54 Å². The minimum atomic E-state index is -4.62. The molecule has 0 spiro atoms. The number of rotatable bonds is 1. The summed E-state index contributed by atoms with van der Waals surface area (Å²) in [4.78, 5) is 18.2. The monoisotopic (exact) mass is 400 g/mol. The molecule has 2 N–H and O–H groups in total. The number of alkyl halides is 3. The van der Waals surface area contributed by atoms with Gasteiger partial charge in [0.05, 0.1) is 28.5 Å². The van der Waals surface area contributed by atoms with Gasteiger partial charge in [-0.2, -0.15) is 23.4 Å². The second kappa shape index (κ2) is 6.03. The average molecular weight is 400 g/mol. The number of H-pyrrole nitrogens is 2. The van der Waals surface area contributed by atoms with Crippen molar-refractivity contribution in [2.45, 2.75) is 26.1 Å². The fraction of sp³-hybridized carbons (Fsp3) is 0.263. The number of benzene rings is 1. The number of pyridine rings is 1. The van der Waals surface area contributed by atoms with E-state index in [0.29, 0.717) is 24.0 Å². The lowest BCUT2D eigenvalue weighted by atomic mass is 9.90. The molecule has 148 valence electrons. The Morgan fingerprint density at radius 2 is 2.07 bits per heavy atom. The maximum absolute atomic E-state index is 13.5. The molecule has 0 atom stereocenters. The highest BCUT2D eigenvalue weighted by atomic mass is 19.4. The fourth-order valence-electron chi connectivity index (χ4n) is 4.04. The summed E-state index contributed by atoms with van der Waals surface area (Å²) in [5, 5.41) is 14.4. The summed E-state index contributed by atoms with van der Waals surface area (Å²) in [5.74, 6) is -0.133. The molecular weight excluding hydrogens is 385 g/mol. The summed E-state index contributed by atoms with van der Waals surface area (Å²) in [6.07, 6.45) is -1.21. The largest absolute Gasteiger partial charge is 0.435 e. The van der Waals surface area contributed by atoms with Crippen molar-refractivity contribution in [3.8, 4) is 11.3 Å². The molecule has 0 bridgehead atoms. The second-order valence-electron chi connectivity index (χ2n) is 7.04. The van der Waals surface area contributed by atoms with Crippen LogP contribution in [0.1, 0.15) is 23.7 Å². The van der Waals surface area contributed by atoms with Gasteiger partial charge in [-0.1, -0.05) is 0 Å². The summed E-state index contributed by atoms with van der Waals surface area (Å²) in [7, 11) is 0. The van der Waals surface area contributed by atoms with Crippen molar-refractivity contribution < 1.29 is 18.0 Å². The number of nitrogens with zero attached hydrogens (tertiary/aromatic N) is 4. The van der Waals surface area contributed by atoms with E-state index in [0.717, 1.165) is 21.9 Å². The highest BCUT2D eigenvalue weighted by Gasteiger charge is 2.38. The van der Waals surface area contributed by atoms with Gasteiger partial charge >= 0.3 is 6.18 Å². The van der Waals surface area contributed by atoms with Gasteiger partial charge in [0.25, 0.3) is 0 Å². The zero-order chi connectivity index (χ0) is 20.3. The van der Waals surface area contributed by atoms with Gasteiger partial charge in [-0.3, -0.25) is 15.0 Å². The molecule has 0 aliphatic carbocycles. The molecule has 5 rings (SSSR count). The maximum Gasteiger partial charge on any atom is 0.435 e. The third-order valence-electron chi connectivity index (χ3n) is 5.38. The lowest BCUT2D eigenvalue weighted by molar-refractivity contribution is -0.140. The Labute approximate surface area is 161 Å². The molecule has 4 heterocycles. The molecule has 3 aromatic heterocycles. The zero-order valence-electron chi connectivity index (χ0n) is 15.3. The Morgan fingerprint density at radius 1 is 1.24 bits per heavy atom. The third kappa shape index (κ3) is 2.66. The van der Waals surface area contributed by atoms with Gasteiger partial charge in [-0.05, 0) is 24.1 Å². The lowest BCUT2D eigenvalue weighted by Gasteiger charge is -2.30. The zero-order valence-corrected chi connectivity index (χ0v) is 15.3. The number of nitrogens with one attached hydrogen (secondary N) is 2. The van der Waals surface area contributed by atoms with Gasteiger partial charge in [0, 0.05) is 42.5 Å². The first-order valence-corrected chi connectivity index (χ1v) is 8.99. The van der Waals surface area contributed by atoms with E-state index in [9.17, 15) is 18.0 Å². The van der Waals surface area contributed by atoms with Crippen LogP contribution in [-0.4, -0.2) is 42.7 Å². The summed E-state index contributed by atoms with van der Waals surface area (Å²) in [6.45, 7) is 2.14. The third-order valence-corrected chi connectivity index (χ3v) is 5.38. The van der Waals surface area contributed by atoms with Gasteiger partial charge in [-0.15, -0.1) is 0 Å².